The lowest BCUT2D eigenvalue weighted by Gasteiger charge is -2.34. The quantitative estimate of drug-likeness (QED) is 0.893. The monoisotopic (exact) mass is 276 g/mol. The van der Waals surface area contributed by atoms with Crippen molar-refractivity contribution in [2.24, 2.45) is 5.92 Å². The molecule has 2 N–H and O–H groups in total. The maximum Gasteiger partial charge on any atom is 0.391 e. The highest BCUT2D eigenvalue weighted by Crippen LogP contribution is 2.36. The first-order chi connectivity index (χ1) is 8.93. The van der Waals surface area contributed by atoms with Crippen LogP contribution in [0.25, 0.3) is 0 Å². The number of nitrogen functional groups attached to an aromatic ring is 1. The van der Waals surface area contributed by atoms with Crippen molar-refractivity contribution in [1.29, 1.82) is 0 Å². The van der Waals surface area contributed by atoms with Gasteiger partial charge in [0.05, 0.1) is 13.0 Å². The van der Waals surface area contributed by atoms with Crippen LogP contribution in [0, 0.1) is 5.92 Å². The number of rotatable bonds is 2. The molecule has 2 rings (SSSR count). The summed E-state index contributed by atoms with van der Waals surface area (Å²) >= 11 is 0. The van der Waals surface area contributed by atoms with Gasteiger partial charge in [-0.2, -0.15) is 18.2 Å². The lowest BCUT2D eigenvalue weighted by molar-refractivity contribution is -0.179. The molecule has 0 atom stereocenters. The molecule has 19 heavy (non-hydrogen) atoms. The fourth-order valence-electron chi connectivity index (χ4n) is 2.20. The van der Waals surface area contributed by atoms with Gasteiger partial charge in [0.2, 0.25) is 5.88 Å². The van der Waals surface area contributed by atoms with Gasteiger partial charge in [0.1, 0.15) is 12.0 Å². The molecule has 0 aliphatic carbocycles. The number of halogens is 3. The molecule has 0 spiro atoms. The SMILES string of the molecule is COc1ncnc(N2CCC(C(F)(F)F)CC2)c1N. The first-order valence-corrected chi connectivity index (χ1v) is 5.89. The summed E-state index contributed by atoms with van der Waals surface area (Å²) < 4.78 is 42.7. The summed E-state index contributed by atoms with van der Waals surface area (Å²) in [5.41, 5.74) is 6.09. The van der Waals surface area contributed by atoms with Crippen LogP contribution >= 0.6 is 0 Å². The first kappa shape index (κ1) is 13.7. The molecular formula is C11H15F3N4O. The van der Waals surface area contributed by atoms with Gasteiger partial charge in [0, 0.05) is 13.1 Å². The van der Waals surface area contributed by atoms with Gasteiger partial charge < -0.3 is 15.4 Å². The van der Waals surface area contributed by atoms with Crippen LogP contribution in [0.5, 0.6) is 5.88 Å². The highest BCUT2D eigenvalue weighted by Gasteiger charge is 2.41. The number of ether oxygens (including phenoxy) is 1. The van der Waals surface area contributed by atoms with E-state index in [1.807, 2.05) is 0 Å². The number of hydrogen-bond acceptors (Lipinski definition) is 5. The Labute approximate surface area is 108 Å². The Kier molecular flexibility index (Phi) is 3.68. The highest BCUT2D eigenvalue weighted by molar-refractivity contribution is 5.67. The maximum atomic E-state index is 12.6. The second-order valence-electron chi connectivity index (χ2n) is 4.42. The van der Waals surface area contributed by atoms with E-state index in [2.05, 4.69) is 9.97 Å². The van der Waals surface area contributed by atoms with Crippen molar-refractivity contribution < 1.29 is 17.9 Å². The Balaban J connectivity index is 2.10. The molecule has 1 aliphatic rings. The van der Waals surface area contributed by atoms with Crippen molar-refractivity contribution in [1.82, 2.24) is 9.97 Å². The molecule has 106 valence electrons. The zero-order chi connectivity index (χ0) is 14.0. The van der Waals surface area contributed by atoms with Crippen LogP contribution in [-0.2, 0) is 0 Å². The molecule has 8 heteroatoms. The molecule has 1 saturated heterocycles. The zero-order valence-corrected chi connectivity index (χ0v) is 10.4. The van der Waals surface area contributed by atoms with E-state index in [9.17, 15) is 13.2 Å². The van der Waals surface area contributed by atoms with Crippen LogP contribution in [0.3, 0.4) is 0 Å². The number of methoxy groups -OCH3 is 1. The van der Waals surface area contributed by atoms with E-state index < -0.39 is 12.1 Å². The van der Waals surface area contributed by atoms with E-state index in [0.29, 0.717) is 5.82 Å². The molecule has 5 nitrogen and oxygen atoms in total. The minimum atomic E-state index is -4.12. The molecule has 0 amide bonds. The normalized spacial score (nSPS) is 17.6. The number of anilines is 2. The van der Waals surface area contributed by atoms with Crippen molar-refractivity contribution in [3.05, 3.63) is 6.33 Å². The van der Waals surface area contributed by atoms with E-state index in [0.717, 1.165) is 0 Å². The van der Waals surface area contributed by atoms with E-state index >= 15 is 0 Å². The lowest BCUT2D eigenvalue weighted by atomic mass is 9.96. The number of nitrogens with two attached hydrogens (primary N) is 1. The molecule has 1 aromatic heterocycles. The third kappa shape index (κ3) is 2.82. The summed E-state index contributed by atoms with van der Waals surface area (Å²) in [6, 6.07) is 0. The van der Waals surface area contributed by atoms with Crippen LogP contribution in [0.2, 0.25) is 0 Å². The lowest BCUT2D eigenvalue weighted by Crippen LogP contribution is -2.39. The Morgan fingerprint density at radius 3 is 2.47 bits per heavy atom. The van der Waals surface area contributed by atoms with Gasteiger partial charge in [-0.3, -0.25) is 0 Å². The molecule has 0 radical (unpaired) electrons. The van der Waals surface area contributed by atoms with E-state index in [4.69, 9.17) is 10.5 Å². The predicted molar refractivity (Wildman–Crippen MR) is 64.0 cm³/mol. The number of aromatic nitrogens is 2. The predicted octanol–water partition coefficient (Wildman–Crippen LogP) is 1.85. The average Bonchev–Trinajstić information content (AvgIpc) is 2.38. The second-order valence-corrected chi connectivity index (χ2v) is 4.42. The van der Waals surface area contributed by atoms with Crippen molar-refractivity contribution in [2.75, 3.05) is 30.8 Å². The molecule has 2 heterocycles. The summed E-state index contributed by atoms with van der Waals surface area (Å²) in [5, 5.41) is 0. The van der Waals surface area contributed by atoms with Gasteiger partial charge in [0.15, 0.2) is 5.82 Å². The van der Waals surface area contributed by atoms with Crippen LogP contribution < -0.4 is 15.4 Å². The van der Waals surface area contributed by atoms with Gasteiger partial charge in [-0.25, -0.2) is 4.98 Å². The number of hydrogen-bond donors (Lipinski definition) is 1. The van der Waals surface area contributed by atoms with Crippen LogP contribution in [-0.4, -0.2) is 36.3 Å². The van der Waals surface area contributed by atoms with Gasteiger partial charge >= 0.3 is 6.18 Å². The fourth-order valence-corrected chi connectivity index (χ4v) is 2.20. The molecule has 1 aliphatic heterocycles. The van der Waals surface area contributed by atoms with E-state index in [1.54, 1.807) is 4.90 Å². The number of nitrogens with zero attached hydrogens (tertiary/aromatic N) is 3. The molecule has 0 saturated carbocycles. The number of piperidine rings is 1. The molecule has 0 bridgehead atoms. The summed E-state index contributed by atoms with van der Waals surface area (Å²) in [6.07, 6.45) is -2.73. The Morgan fingerprint density at radius 1 is 1.32 bits per heavy atom. The van der Waals surface area contributed by atoms with Gasteiger partial charge in [-0.1, -0.05) is 0 Å². The molecule has 1 aromatic rings. The zero-order valence-electron chi connectivity index (χ0n) is 10.4. The second kappa shape index (κ2) is 5.10. The topological polar surface area (TPSA) is 64.3 Å². The summed E-state index contributed by atoms with van der Waals surface area (Å²) in [6.45, 7) is 0.545. The smallest absolute Gasteiger partial charge is 0.391 e. The minimum Gasteiger partial charge on any atom is -0.479 e. The largest absolute Gasteiger partial charge is 0.479 e. The van der Waals surface area contributed by atoms with Crippen LogP contribution in [0.15, 0.2) is 6.33 Å². The first-order valence-electron chi connectivity index (χ1n) is 5.89. The van der Waals surface area contributed by atoms with Crippen molar-refractivity contribution >= 4 is 11.5 Å². The van der Waals surface area contributed by atoms with Gasteiger partial charge in [-0.05, 0) is 12.8 Å². The molecular weight excluding hydrogens is 261 g/mol. The fraction of sp³-hybridized carbons (Fsp3) is 0.636. The summed E-state index contributed by atoms with van der Waals surface area (Å²) in [7, 11) is 1.43. The summed E-state index contributed by atoms with van der Waals surface area (Å²) in [5.74, 6) is -0.566. The standard InChI is InChI=1S/C11H15F3N4O/c1-19-10-8(15)9(16-6-17-10)18-4-2-7(3-5-18)11(12,13)14/h6-7H,2-5,15H2,1H3. The minimum absolute atomic E-state index is 0.0509. The highest BCUT2D eigenvalue weighted by atomic mass is 19.4. The Bertz CT molecular complexity index is 444. The molecule has 0 aromatic carbocycles. The third-order valence-corrected chi connectivity index (χ3v) is 3.28. The van der Waals surface area contributed by atoms with Crippen molar-refractivity contribution in [3.63, 3.8) is 0 Å². The third-order valence-electron chi connectivity index (χ3n) is 3.28. The van der Waals surface area contributed by atoms with E-state index in [-0.39, 0.29) is 37.5 Å². The van der Waals surface area contributed by atoms with Crippen LogP contribution in [0.1, 0.15) is 12.8 Å². The maximum absolute atomic E-state index is 12.6. The molecule has 0 unspecified atom stereocenters. The Hall–Kier alpha value is -1.73. The van der Waals surface area contributed by atoms with Crippen molar-refractivity contribution in [3.8, 4) is 5.88 Å². The Morgan fingerprint density at radius 2 is 1.95 bits per heavy atom. The van der Waals surface area contributed by atoms with Crippen LogP contribution in [0.4, 0.5) is 24.7 Å². The summed E-state index contributed by atoms with van der Waals surface area (Å²) in [4.78, 5) is 9.61. The van der Waals surface area contributed by atoms with Gasteiger partial charge in [0.25, 0.3) is 0 Å². The number of alkyl halides is 3. The van der Waals surface area contributed by atoms with Crippen molar-refractivity contribution in [2.45, 2.75) is 19.0 Å². The molecule has 1 fully saturated rings. The average molecular weight is 276 g/mol. The van der Waals surface area contributed by atoms with E-state index in [1.165, 1.54) is 13.4 Å². The van der Waals surface area contributed by atoms with Gasteiger partial charge in [-0.15, -0.1) is 0 Å².